The van der Waals surface area contributed by atoms with Gasteiger partial charge in [0.2, 0.25) is 0 Å². The largest absolute Gasteiger partial charge is 0.484 e. The number of amides is 1. The Morgan fingerprint density at radius 3 is 2.46 bits per heavy atom. The summed E-state index contributed by atoms with van der Waals surface area (Å²) in [5, 5.41) is 2.81. The van der Waals surface area contributed by atoms with Gasteiger partial charge in [0.15, 0.2) is 23.9 Å². The number of rotatable bonds is 6. The molecule has 0 saturated heterocycles. The fraction of sp³-hybridized carbons (Fsp3) is 0.364. The third-order valence-corrected chi connectivity index (χ3v) is 5.05. The molecule has 1 amide bonds. The molecule has 6 nitrogen and oxygen atoms in total. The van der Waals surface area contributed by atoms with Crippen LogP contribution in [0.4, 0.5) is 5.69 Å². The molecule has 1 spiro atoms. The first-order valence-electron chi connectivity index (χ1n) is 9.65. The van der Waals surface area contributed by atoms with E-state index in [2.05, 4.69) is 5.32 Å². The van der Waals surface area contributed by atoms with Crippen molar-refractivity contribution >= 4 is 17.4 Å². The molecule has 1 aliphatic carbocycles. The second-order valence-electron chi connectivity index (χ2n) is 7.12. The van der Waals surface area contributed by atoms with Crippen LogP contribution >= 0.6 is 0 Å². The molecule has 0 aromatic heterocycles. The van der Waals surface area contributed by atoms with Gasteiger partial charge in [-0.25, -0.2) is 0 Å². The number of anilines is 1. The normalized spacial score (nSPS) is 16.2. The monoisotopic (exact) mass is 381 g/mol. The molecule has 0 bridgehead atoms. The van der Waals surface area contributed by atoms with E-state index >= 15 is 0 Å². The summed E-state index contributed by atoms with van der Waals surface area (Å²) in [6.45, 7) is 1.69. The summed E-state index contributed by atoms with van der Waals surface area (Å²) in [4.78, 5) is 23.8. The first-order valence-corrected chi connectivity index (χ1v) is 9.65. The maximum absolute atomic E-state index is 12.2. The molecule has 4 rings (SSSR count). The molecule has 2 aliphatic rings. The quantitative estimate of drug-likeness (QED) is 0.754. The number of ketones is 1. The minimum Gasteiger partial charge on any atom is -0.484 e. The van der Waals surface area contributed by atoms with Gasteiger partial charge in [-0.1, -0.05) is 6.92 Å². The molecule has 2 aromatic rings. The number of carbonyl (C=O) groups excluding carboxylic acids is 2. The number of carbonyl (C=O) groups is 2. The molecular weight excluding hydrogens is 358 g/mol. The molecule has 1 aliphatic heterocycles. The minimum atomic E-state index is -0.514. The summed E-state index contributed by atoms with van der Waals surface area (Å²) < 4.78 is 17.5. The van der Waals surface area contributed by atoms with Crippen LogP contribution in [0.25, 0.3) is 0 Å². The average molecular weight is 381 g/mol. The Kier molecular flexibility index (Phi) is 4.94. The van der Waals surface area contributed by atoms with E-state index in [4.69, 9.17) is 14.2 Å². The summed E-state index contributed by atoms with van der Waals surface area (Å²) in [7, 11) is 0. The Labute approximate surface area is 163 Å². The third-order valence-electron chi connectivity index (χ3n) is 5.05. The second kappa shape index (κ2) is 7.54. The molecule has 0 atom stereocenters. The smallest absolute Gasteiger partial charge is 0.262 e. The maximum atomic E-state index is 12.2. The standard InChI is InChI=1S/C22H23NO5/c1-2-18(24)15-5-8-17(9-6-15)26-14-21(25)23-16-7-10-19-20(13-16)28-22(27-19)11-3-4-12-22/h5-10,13H,2-4,11-12,14H2,1H3,(H,23,25). The van der Waals surface area contributed by atoms with Gasteiger partial charge in [0.25, 0.3) is 11.7 Å². The number of ether oxygens (including phenoxy) is 3. The van der Waals surface area contributed by atoms with Crippen LogP contribution < -0.4 is 19.5 Å². The van der Waals surface area contributed by atoms with Crippen molar-refractivity contribution in [2.24, 2.45) is 0 Å². The van der Waals surface area contributed by atoms with E-state index in [9.17, 15) is 9.59 Å². The van der Waals surface area contributed by atoms with Crippen LogP contribution in [0, 0.1) is 0 Å². The Morgan fingerprint density at radius 1 is 1.04 bits per heavy atom. The van der Waals surface area contributed by atoms with E-state index in [1.165, 1.54) is 0 Å². The fourth-order valence-corrected chi connectivity index (χ4v) is 3.58. The highest BCUT2D eigenvalue weighted by Crippen LogP contribution is 2.47. The van der Waals surface area contributed by atoms with E-state index in [1.54, 1.807) is 36.4 Å². The van der Waals surface area contributed by atoms with Crippen molar-refractivity contribution in [3.05, 3.63) is 48.0 Å². The van der Waals surface area contributed by atoms with Crippen LogP contribution in [0.2, 0.25) is 0 Å². The summed E-state index contributed by atoms with van der Waals surface area (Å²) in [6, 6.07) is 12.2. The van der Waals surface area contributed by atoms with Crippen molar-refractivity contribution in [1.29, 1.82) is 0 Å². The van der Waals surface area contributed by atoms with Gasteiger partial charge in [-0.15, -0.1) is 0 Å². The van der Waals surface area contributed by atoms with Crippen molar-refractivity contribution in [3.8, 4) is 17.2 Å². The lowest BCUT2D eigenvalue weighted by Crippen LogP contribution is -2.34. The predicted molar refractivity (Wildman–Crippen MR) is 104 cm³/mol. The average Bonchev–Trinajstić information content (AvgIpc) is 3.31. The topological polar surface area (TPSA) is 73.9 Å². The van der Waals surface area contributed by atoms with Gasteiger partial charge in [-0.2, -0.15) is 0 Å². The van der Waals surface area contributed by atoms with Crippen molar-refractivity contribution in [2.45, 2.75) is 44.8 Å². The Balaban J connectivity index is 1.32. The van der Waals surface area contributed by atoms with Gasteiger partial charge in [-0.05, 0) is 49.2 Å². The second-order valence-corrected chi connectivity index (χ2v) is 7.12. The van der Waals surface area contributed by atoms with E-state index in [0.29, 0.717) is 29.2 Å². The van der Waals surface area contributed by atoms with Crippen LogP contribution in [0.3, 0.4) is 0 Å². The fourth-order valence-electron chi connectivity index (χ4n) is 3.58. The van der Waals surface area contributed by atoms with E-state index in [0.717, 1.165) is 31.4 Å². The van der Waals surface area contributed by atoms with Gasteiger partial charge < -0.3 is 19.5 Å². The lowest BCUT2D eigenvalue weighted by Gasteiger charge is -2.21. The number of Topliss-reactive ketones (excluding diaryl/α,β-unsaturated/α-hetero) is 1. The molecule has 1 heterocycles. The summed E-state index contributed by atoms with van der Waals surface area (Å²) >= 11 is 0. The Hall–Kier alpha value is -3.02. The highest BCUT2D eigenvalue weighted by Gasteiger charge is 2.44. The van der Waals surface area contributed by atoms with Crippen LogP contribution in [0.15, 0.2) is 42.5 Å². The zero-order chi connectivity index (χ0) is 19.6. The number of benzene rings is 2. The maximum Gasteiger partial charge on any atom is 0.262 e. The van der Waals surface area contributed by atoms with Crippen LogP contribution in [-0.4, -0.2) is 24.1 Å². The number of hydrogen-bond acceptors (Lipinski definition) is 5. The SMILES string of the molecule is CCC(=O)c1ccc(OCC(=O)Nc2ccc3c(c2)OC2(CCCC2)O3)cc1. The lowest BCUT2D eigenvalue weighted by molar-refractivity contribution is -0.118. The van der Waals surface area contributed by atoms with Crippen LogP contribution in [0.5, 0.6) is 17.2 Å². The molecule has 1 N–H and O–H groups in total. The van der Waals surface area contributed by atoms with Crippen molar-refractivity contribution in [3.63, 3.8) is 0 Å². The Morgan fingerprint density at radius 2 is 1.75 bits per heavy atom. The third kappa shape index (κ3) is 3.81. The molecule has 1 fully saturated rings. The summed E-state index contributed by atoms with van der Waals surface area (Å²) in [6.07, 6.45) is 4.43. The van der Waals surface area contributed by atoms with Crippen LogP contribution in [0.1, 0.15) is 49.4 Å². The highest BCUT2D eigenvalue weighted by molar-refractivity contribution is 5.96. The zero-order valence-corrected chi connectivity index (χ0v) is 15.8. The van der Waals surface area contributed by atoms with Gasteiger partial charge in [0.1, 0.15) is 5.75 Å². The molecule has 0 radical (unpaired) electrons. The van der Waals surface area contributed by atoms with Gasteiger partial charge in [-0.3, -0.25) is 9.59 Å². The molecule has 6 heteroatoms. The number of fused-ring (bicyclic) bond motifs is 1. The zero-order valence-electron chi connectivity index (χ0n) is 15.8. The van der Waals surface area contributed by atoms with Gasteiger partial charge >= 0.3 is 0 Å². The minimum absolute atomic E-state index is 0.0754. The molecule has 1 saturated carbocycles. The molecule has 146 valence electrons. The summed E-state index contributed by atoms with van der Waals surface area (Å²) in [5.74, 6) is 1.21. The van der Waals surface area contributed by atoms with Gasteiger partial charge in [0.05, 0.1) is 0 Å². The predicted octanol–water partition coefficient (Wildman–Crippen LogP) is 4.34. The lowest BCUT2D eigenvalue weighted by atomic mass is 10.1. The number of nitrogens with one attached hydrogen (secondary N) is 1. The summed E-state index contributed by atoms with van der Waals surface area (Å²) in [5.41, 5.74) is 1.27. The van der Waals surface area contributed by atoms with Gasteiger partial charge in [0, 0.05) is 36.6 Å². The van der Waals surface area contributed by atoms with Crippen molar-refractivity contribution in [1.82, 2.24) is 0 Å². The highest BCUT2D eigenvalue weighted by atomic mass is 16.7. The first kappa shape index (κ1) is 18.3. The molecular formula is C22H23NO5. The van der Waals surface area contributed by atoms with E-state index in [-0.39, 0.29) is 18.3 Å². The molecule has 0 unspecified atom stereocenters. The van der Waals surface area contributed by atoms with E-state index in [1.807, 2.05) is 13.0 Å². The van der Waals surface area contributed by atoms with E-state index < -0.39 is 5.79 Å². The van der Waals surface area contributed by atoms with Crippen molar-refractivity contribution < 1.29 is 23.8 Å². The number of hydrogen-bond donors (Lipinski definition) is 1. The molecule has 28 heavy (non-hydrogen) atoms. The van der Waals surface area contributed by atoms with Crippen LogP contribution in [-0.2, 0) is 4.79 Å². The first-order chi connectivity index (χ1) is 13.6. The Bertz CT molecular complexity index is 884. The molecule has 2 aromatic carbocycles. The van der Waals surface area contributed by atoms with Crippen molar-refractivity contribution in [2.75, 3.05) is 11.9 Å².